The Labute approximate surface area is 134 Å². The molecule has 0 radical (unpaired) electrons. The molecule has 5 heteroatoms. The maximum Gasteiger partial charge on any atom is 0.251 e. The summed E-state index contributed by atoms with van der Waals surface area (Å²) < 4.78 is 5.11. The molecule has 0 saturated heterocycles. The molecule has 0 aromatic heterocycles. The van der Waals surface area contributed by atoms with E-state index >= 15 is 0 Å². The van der Waals surface area contributed by atoms with E-state index in [0.29, 0.717) is 22.9 Å². The number of hydrogen-bond donors (Lipinski definition) is 2. The molecule has 0 saturated carbocycles. The lowest BCUT2D eigenvalue weighted by atomic mass is 10.1. The molecule has 1 heterocycles. The first kappa shape index (κ1) is 14.9. The zero-order valence-corrected chi connectivity index (χ0v) is 13.0. The van der Waals surface area contributed by atoms with Crippen molar-refractivity contribution in [2.75, 3.05) is 7.11 Å². The van der Waals surface area contributed by atoms with Gasteiger partial charge in [0.25, 0.3) is 5.91 Å². The molecular weight excluding hydrogens is 300 g/mol. The van der Waals surface area contributed by atoms with Crippen LogP contribution in [0.1, 0.15) is 27.0 Å². The van der Waals surface area contributed by atoms with Crippen LogP contribution in [0, 0.1) is 0 Å². The number of rotatable bonds is 4. The smallest absolute Gasteiger partial charge is 0.251 e. The van der Waals surface area contributed by atoms with Crippen molar-refractivity contribution < 1.29 is 9.53 Å². The summed E-state index contributed by atoms with van der Waals surface area (Å²) in [6.07, 6.45) is 0. The number of halogens is 1. The van der Waals surface area contributed by atoms with Gasteiger partial charge in [0, 0.05) is 25.2 Å². The molecule has 22 heavy (non-hydrogen) atoms. The second kappa shape index (κ2) is 6.38. The van der Waals surface area contributed by atoms with Crippen LogP contribution in [0.4, 0.5) is 0 Å². The monoisotopic (exact) mass is 316 g/mol. The lowest BCUT2D eigenvalue weighted by Crippen LogP contribution is -2.22. The Morgan fingerprint density at radius 1 is 1.23 bits per heavy atom. The van der Waals surface area contributed by atoms with Crippen LogP contribution in [0.2, 0.25) is 5.02 Å². The Bertz CT molecular complexity index is 716. The van der Waals surface area contributed by atoms with Crippen molar-refractivity contribution in [1.82, 2.24) is 10.6 Å². The summed E-state index contributed by atoms with van der Waals surface area (Å²) in [6, 6.07) is 11.3. The maximum absolute atomic E-state index is 12.2. The normalized spacial score (nSPS) is 12.8. The standard InChI is InChI=1S/C17H17ClN2O2/c1-22-16-5-2-11(6-15(16)18)8-20-17(21)12-3-4-13-9-19-10-14(13)7-12/h2-7,19H,8-10H2,1H3,(H,20,21). The van der Waals surface area contributed by atoms with Crippen molar-refractivity contribution in [3.05, 3.63) is 63.7 Å². The highest BCUT2D eigenvalue weighted by Gasteiger charge is 2.13. The predicted octanol–water partition coefficient (Wildman–Crippen LogP) is 2.88. The molecule has 2 aromatic rings. The van der Waals surface area contributed by atoms with Gasteiger partial charge in [-0.1, -0.05) is 23.7 Å². The Balaban J connectivity index is 1.66. The molecule has 0 unspecified atom stereocenters. The SMILES string of the molecule is COc1ccc(CNC(=O)c2ccc3c(c2)CNC3)cc1Cl. The Hall–Kier alpha value is -2.04. The highest BCUT2D eigenvalue weighted by Crippen LogP contribution is 2.25. The quantitative estimate of drug-likeness (QED) is 0.912. The van der Waals surface area contributed by atoms with Crippen molar-refractivity contribution in [1.29, 1.82) is 0 Å². The summed E-state index contributed by atoms with van der Waals surface area (Å²) in [5.74, 6) is 0.546. The van der Waals surface area contributed by atoms with Crippen molar-refractivity contribution in [3.63, 3.8) is 0 Å². The fourth-order valence-electron chi connectivity index (χ4n) is 2.54. The Morgan fingerprint density at radius 3 is 2.82 bits per heavy atom. The highest BCUT2D eigenvalue weighted by atomic mass is 35.5. The first-order valence-electron chi connectivity index (χ1n) is 7.10. The minimum absolute atomic E-state index is 0.0818. The number of fused-ring (bicyclic) bond motifs is 1. The molecular formula is C17H17ClN2O2. The molecule has 2 N–H and O–H groups in total. The number of carbonyl (C=O) groups excluding carboxylic acids is 1. The zero-order chi connectivity index (χ0) is 15.5. The van der Waals surface area contributed by atoms with Crippen molar-refractivity contribution in [2.24, 2.45) is 0 Å². The molecule has 1 aliphatic heterocycles. The topological polar surface area (TPSA) is 50.4 Å². The van der Waals surface area contributed by atoms with Gasteiger partial charge in [0.15, 0.2) is 0 Å². The van der Waals surface area contributed by atoms with Gasteiger partial charge in [-0.15, -0.1) is 0 Å². The number of benzene rings is 2. The van der Waals surface area contributed by atoms with Gasteiger partial charge in [-0.25, -0.2) is 0 Å². The van der Waals surface area contributed by atoms with E-state index in [1.807, 2.05) is 24.3 Å². The number of methoxy groups -OCH3 is 1. The van der Waals surface area contributed by atoms with E-state index in [1.54, 1.807) is 19.2 Å². The minimum atomic E-state index is -0.0818. The van der Waals surface area contributed by atoms with Gasteiger partial charge in [-0.2, -0.15) is 0 Å². The summed E-state index contributed by atoms with van der Waals surface area (Å²) in [5.41, 5.74) is 4.07. The number of nitrogens with one attached hydrogen (secondary N) is 2. The average Bonchev–Trinajstić information content (AvgIpc) is 3.00. The molecule has 1 aliphatic rings. The molecule has 0 aliphatic carbocycles. The van der Waals surface area contributed by atoms with Crippen LogP contribution in [-0.4, -0.2) is 13.0 Å². The first-order valence-corrected chi connectivity index (χ1v) is 7.48. The third-order valence-electron chi connectivity index (χ3n) is 3.77. The molecule has 0 spiro atoms. The number of ether oxygens (including phenoxy) is 1. The van der Waals surface area contributed by atoms with Gasteiger partial charge >= 0.3 is 0 Å². The first-order chi connectivity index (χ1) is 10.7. The zero-order valence-electron chi connectivity index (χ0n) is 12.3. The van der Waals surface area contributed by atoms with E-state index in [1.165, 1.54) is 11.1 Å². The van der Waals surface area contributed by atoms with Gasteiger partial charge in [0.05, 0.1) is 12.1 Å². The maximum atomic E-state index is 12.2. The van der Waals surface area contributed by atoms with Crippen molar-refractivity contribution in [2.45, 2.75) is 19.6 Å². The third-order valence-corrected chi connectivity index (χ3v) is 4.06. The highest BCUT2D eigenvalue weighted by molar-refractivity contribution is 6.32. The largest absolute Gasteiger partial charge is 0.495 e. The molecule has 2 aromatic carbocycles. The second-order valence-electron chi connectivity index (χ2n) is 5.24. The van der Waals surface area contributed by atoms with Crippen LogP contribution < -0.4 is 15.4 Å². The lowest BCUT2D eigenvalue weighted by molar-refractivity contribution is 0.0951. The van der Waals surface area contributed by atoms with E-state index in [2.05, 4.69) is 10.6 Å². The Morgan fingerprint density at radius 2 is 2.05 bits per heavy atom. The molecule has 0 atom stereocenters. The molecule has 3 rings (SSSR count). The minimum Gasteiger partial charge on any atom is -0.495 e. The van der Waals surface area contributed by atoms with Crippen LogP contribution in [0.3, 0.4) is 0 Å². The Kier molecular flexibility index (Phi) is 4.32. The molecule has 4 nitrogen and oxygen atoms in total. The van der Waals surface area contributed by atoms with E-state index in [9.17, 15) is 4.79 Å². The predicted molar refractivity (Wildman–Crippen MR) is 86.2 cm³/mol. The second-order valence-corrected chi connectivity index (χ2v) is 5.65. The fourth-order valence-corrected chi connectivity index (χ4v) is 2.82. The summed E-state index contributed by atoms with van der Waals surface area (Å²) in [4.78, 5) is 12.2. The van der Waals surface area contributed by atoms with E-state index in [-0.39, 0.29) is 5.91 Å². The third kappa shape index (κ3) is 3.08. The summed E-state index contributed by atoms with van der Waals surface area (Å²) >= 11 is 6.08. The average molecular weight is 317 g/mol. The van der Waals surface area contributed by atoms with Gasteiger partial charge in [0.1, 0.15) is 5.75 Å². The van der Waals surface area contributed by atoms with Gasteiger partial charge in [0.2, 0.25) is 0 Å². The molecule has 0 fully saturated rings. The molecule has 0 bridgehead atoms. The number of carbonyl (C=O) groups is 1. The van der Waals surface area contributed by atoms with Crippen LogP contribution in [-0.2, 0) is 19.6 Å². The van der Waals surface area contributed by atoms with Crippen LogP contribution >= 0.6 is 11.6 Å². The number of amides is 1. The summed E-state index contributed by atoms with van der Waals surface area (Å²) in [7, 11) is 1.57. The lowest BCUT2D eigenvalue weighted by Gasteiger charge is -2.09. The van der Waals surface area contributed by atoms with Crippen LogP contribution in [0.5, 0.6) is 5.75 Å². The van der Waals surface area contributed by atoms with Gasteiger partial charge in [-0.05, 0) is 41.0 Å². The van der Waals surface area contributed by atoms with E-state index in [4.69, 9.17) is 16.3 Å². The molecule has 1 amide bonds. The molecule has 114 valence electrons. The van der Waals surface area contributed by atoms with E-state index < -0.39 is 0 Å². The van der Waals surface area contributed by atoms with Crippen molar-refractivity contribution >= 4 is 17.5 Å². The summed E-state index contributed by atoms with van der Waals surface area (Å²) in [6.45, 7) is 2.13. The van der Waals surface area contributed by atoms with E-state index in [0.717, 1.165) is 18.7 Å². The number of hydrogen-bond acceptors (Lipinski definition) is 3. The van der Waals surface area contributed by atoms with Crippen LogP contribution in [0.15, 0.2) is 36.4 Å². The van der Waals surface area contributed by atoms with Crippen LogP contribution in [0.25, 0.3) is 0 Å². The van der Waals surface area contributed by atoms with Gasteiger partial charge in [-0.3, -0.25) is 4.79 Å². The fraction of sp³-hybridized carbons (Fsp3) is 0.235. The summed E-state index contributed by atoms with van der Waals surface area (Å²) in [5, 5.41) is 6.72. The van der Waals surface area contributed by atoms with Crippen molar-refractivity contribution in [3.8, 4) is 5.75 Å². The van der Waals surface area contributed by atoms with Gasteiger partial charge < -0.3 is 15.4 Å².